The third-order valence-electron chi connectivity index (χ3n) is 2.44. The van der Waals surface area contributed by atoms with E-state index in [9.17, 15) is 0 Å². The number of aromatic nitrogens is 2. The minimum Gasteiger partial charge on any atom is -0.337 e. The van der Waals surface area contributed by atoms with Gasteiger partial charge in [0, 0.05) is 10.6 Å². The van der Waals surface area contributed by atoms with Crippen LogP contribution in [0.3, 0.4) is 0 Å². The van der Waals surface area contributed by atoms with Gasteiger partial charge in [-0.2, -0.15) is 4.98 Å². The van der Waals surface area contributed by atoms with E-state index in [-0.39, 0.29) is 6.04 Å². The van der Waals surface area contributed by atoms with E-state index in [4.69, 9.17) is 21.9 Å². The Kier molecular flexibility index (Phi) is 3.76. The Hall–Kier alpha value is -1.39. The van der Waals surface area contributed by atoms with Crippen molar-refractivity contribution >= 4 is 11.6 Å². The van der Waals surface area contributed by atoms with E-state index < -0.39 is 0 Å². The Morgan fingerprint density at radius 2 is 2.29 bits per heavy atom. The minimum absolute atomic E-state index is 0.194. The van der Waals surface area contributed by atoms with E-state index in [2.05, 4.69) is 17.1 Å². The highest BCUT2D eigenvalue weighted by molar-refractivity contribution is 6.30. The molecule has 90 valence electrons. The summed E-state index contributed by atoms with van der Waals surface area (Å²) in [5, 5.41) is 4.55. The zero-order chi connectivity index (χ0) is 12.3. The molecule has 0 bridgehead atoms. The molecule has 5 heteroatoms. The Morgan fingerprint density at radius 3 is 3.00 bits per heavy atom. The second-order valence-electron chi connectivity index (χ2n) is 3.86. The van der Waals surface area contributed by atoms with Gasteiger partial charge >= 0.3 is 0 Å². The van der Waals surface area contributed by atoms with E-state index >= 15 is 0 Å². The zero-order valence-corrected chi connectivity index (χ0v) is 10.3. The Balaban J connectivity index is 2.23. The first-order valence-corrected chi connectivity index (χ1v) is 5.93. The lowest BCUT2D eigenvalue weighted by Gasteiger charge is -2.02. The van der Waals surface area contributed by atoms with Gasteiger partial charge in [-0.1, -0.05) is 42.2 Å². The molecule has 0 unspecified atom stereocenters. The molecule has 1 heterocycles. The van der Waals surface area contributed by atoms with Gasteiger partial charge in [-0.3, -0.25) is 0 Å². The van der Waals surface area contributed by atoms with E-state index in [1.165, 1.54) is 0 Å². The summed E-state index contributed by atoms with van der Waals surface area (Å²) < 4.78 is 5.14. The van der Waals surface area contributed by atoms with Gasteiger partial charge in [0.2, 0.25) is 11.7 Å². The largest absolute Gasteiger partial charge is 0.337 e. The van der Waals surface area contributed by atoms with Gasteiger partial charge in [0.1, 0.15) is 0 Å². The molecule has 1 aromatic carbocycles. The SMILES string of the molecule is CCC[C@@H](N)c1nc(-c2cccc(Cl)c2)no1. The van der Waals surface area contributed by atoms with Crippen molar-refractivity contribution in [2.75, 3.05) is 0 Å². The van der Waals surface area contributed by atoms with Gasteiger partial charge in [0.25, 0.3) is 0 Å². The fraction of sp³-hybridized carbons (Fsp3) is 0.333. The highest BCUT2D eigenvalue weighted by atomic mass is 35.5. The van der Waals surface area contributed by atoms with Crippen LogP contribution < -0.4 is 5.73 Å². The van der Waals surface area contributed by atoms with Crippen LogP contribution in [0.5, 0.6) is 0 Å². The highest BCUT2D eigenvalue weighted by Crippen LogP contribution is 2.22. The number of hydrogen-bond acceptors (Lipinski definition) is 4. The van der Waals surface area contributed by atoms with Crippen LogP contribution in [0.25, 0.3) is 11.4 Å². The van der Waals surface area contributed by atoms with Crippen molar-refractivity contribution < 1.29 is 4.52 Å². The Bertz CT molecular complexity index is 498. The van der Waals surface area contributed by atoms with Crippen LogP contribution in [-0.2, 0) is 0 Å². The molecule has 0 aliphatic carbocycles. The summed E-state index contributed by atoms with van der Waals surface area (Å²) in [5.41, 5.74) is 6.73. The second-order valence-corrected chi connectivity index (χ2v) is 4.30. The molecule has 4 nitrogen and oxygen atoms in total. The van der Waals surface area contributed by atoms with Crippen LogP contribution >= 0.6 is 11.6 Å². The molecule has 0 saturated heterocycles. The Morgan fingerprint density at radius 1 is 1.47 bits per heavy atom. The van der Waals surface area contributed by atoms with E-state index in [0.29, 0.717) is 16.7 Å². The van der Waals surface area contributed by atoms with Crippen LogP contribution in [-0.4, -0.2) is 10.1 Å². The highest BCUT2D eigenvalue weighted by Gasteiger charge is 2.14. The molecular weight excluding hydrogens is 238 g/mol. The molecule has 0 saturated carbocycles. The molecule has 0 radical (unpaired) electrons. The van der Waals surface area contributed by atoms with Crippen molar-refractivity contribution in [1.82, 2.24) is 10.1 Å². The summed E-state index contributed by atoms with van der Waals surface area (Å²) in [5.74, 6) is 0.996. The summed E-state index contributed by atoms with van der Waals surface area (Å²) in [6, 6.07) is 7.13. The number of nitrogens with two attached hydrogens (primary N) is 1. The number of nitrogens with zero attached hydrogens (tertiary/aromatic N) is 2. The quantitative estimate of drug-likeness (QED) is 0.906. The maximum Gasteiger partial charge on any atom is 0.243 e. The molecule has 2 rings (SSSR count). The first kappa shape index (κ1) is 12.1. The molecule has 0 aliphatic heterocycles. The number of hydrogen-bond donors (Lipinski definition) is 1. The van der Waals surface area contributed by atoms with Crippen LogP contribution in [0.2, 0.25) is 5.02 Å². The van der Waals surface area contributed by atoms with Gasteiger partial charge in [0.05, 0.1) is 6.04 Å². The lowest BCUT2D eigenvalue weighted by Crippen LogP contribution is -2.09. The molecule has 0 aliphatic rings. The first-order valence-electron chi connectivity index (χ1n) is 5.56. The molecule has 0 fully saturated rings. The molecule has 2 aromatic rings. The van der Waals surface area contributed by atoms with Crippen molar-refractivity contribution in [3.8, 4) is 11.4 Å². The summed E-state index contributed by atoms with van der Waals surface area (Å²) in [6.07, 6.45) is 1.81. The van der Waals surface area contributed by atoms with Crippen LogP contribution in [0.4, 0.5) is 0 Å². The smallest absolute Gasteiger partial charge is 0.243 e. The molecule has 1 atom stereocenters. The summed E-state index contributed by atoms with van der Waals surface area (Å²) in [7, 11) is 0. The molecule has 1 aromatic heterocycles. The Labute approximate surface area is 105 Å². The van der Waals surface area contributed by atoms with E-state index in [1.807, 2.05) is 12.1 Å². The van der Waals surface area contributed by atoms with Gasteiger partial charge < -0.3 is 10.3 Å². The van der Waals surface area contributed by atoms with E-state index in [1.54, 1.807) is 12.1 Å². The van der Waals surface area contributed by atoms with Gasteiger partial charge in [0.15, 0.2) is 0 Å². The number of benzene rings is 1. The third-order valence-corrected chi connectivity index (χ3v) is 2.68. The van der Waals surface area contributed by atoms with Gasteiger partial charge in [-0.15, -0.1) is 0 Å². The first-order chi connectivity index (χ1) is 8.20. The average molecular weight is 252 g/mol. The van der Waals surface area contributed by atoms with E-state index in [0.717, 1.165) is 18.4 Å². The normalized spacial score (nSPS) is 12.6. The lowest BCUT2D eigenvalue weighted by atomic mass is 10.2. The van der Waals surface area contributed by atoms with Crippen molar-refractivity contribution in [3.63, 3.8) is 0 Å². The van der Waals surface area contributed by atoms with Crippen LogP contribution in [0, 0.1) is 0 Å². The molecule has 17 heavy (non-hydrogen) atoms. The predicted molar refractivity (Wildman–Crippen MR) is 66.6 cm³/mol. The summed E-state index contributed by atoms with van der Waals surface area (Å²) in [6.45, 7) is 2.06. The minimum atomic E-state index is -0.194. The monoisotopic (exact) mass is 251 g/mol. The van der Waals surface area contributed by atoms with Gasteiger partial charge in [-0.05, 0) is 18.6 Å². The molecule has 0 amide bonds. The van der Waals surface area contributed by atoms with Crippen LogP contribution in [0.15, 0.2) is 28.8 Å². The van der Waals surface area contributed by atoms with Crippen molar-refractivity contribution in [2.24, 2.45) is 5.73 Å². The van der Waals surface area contributed by atoms with Gasteiger partial charge in [-0.25, -0.2) is 0 Å². The second kappa shape index (κ2) is 5.29. The number of rotatable bonds is 4. The number of halogens is 1. The lowest BCUT2D eigenvalue weighted by molar-refractivity contribution is 0.348. The standard InChI is InChI=1S/C12H14ClN3O/c1-2-4-10(14)12-15-11(16-17-12)8-5-3-6-9(13)7-8/h3,5-7,10H,2,4,14H2,1H3/t10-/m1/s1. The maximum atomic E-state index is 5.90. The maximum absolute atomic E-state index is 5.90. The fourth-order valence-corrected chi connectivity index (χ4v) is 1.76. The van der Waals surface area contributed by atoms with Crippen molar-refractivity contribution in [2.45, 2.75) is 25.8 Å². The molecule has 0 spiro atoms. The average Bonchev–Trinajstić information content (AvgIpc) is 2.78. The van der Waals surface area contributed by atoms with Crippen LogP contribution in [0.1, 0.15) is 31.7 Å². The molecular formula is C12H14ClN3O. The summed E-state index contributed by atoms with van der Waals surface area (Å²) >= 11 is 5.90. The predicted octanol–water partition coefficient (Wildman–Crippen LogP) is 3.19. The topological polar surface area (TPSA) is 64.9 Å². The third kappa shape index (κ3) is 2.84. The van der Waals surface area contributed by atoms with Crippen molar-refractivity contribution in [1.29, 1.82) is 0 Å². The zero-order valence-electron chi connectivity index (χ0n) is 9.56. The molecule has 2 N–H and O–H groups in total. The van der Waals surface area contributed by atoms with Crippen molar-refractivity contribution in [3.05, 3.63) is 35.2 Å². The summed E-state index contributed by atoms with van der Waals surface area (Å²) in [4.78, 5) is 4.28. The fourth-order valence-electron chi connectivity index (χ4n) is 1.57.